The van der Waals surface area contributed by atoms with Gasteiger partial charge in [0.15, 0.2) is 5.15 Å². The monoisotopic (exact) mass is 312 g/mol. The Morgan fingerprint density at radius 2 is 2.15 bits per heavy atom. The van der Waals surface area contributed by atoms with Crippen LogP contribution in [0.1, 0.15) is 5.56 Å². The van der Waals surface area contributed by atoms with Crippen molar-refractivity contribution in [1.29, 1.82) is 0 Å². The van der Waals surface area contributed by atoms with Gasteiger partial charge in [0.05, 0.1) is 17.8 Å². The van der Waals surface area contributed by atoms with Crippen LogP contribution in [-0.4, -0.2) is 22.7 Å². The number of fused-ring (bicyclic) bond motifs is 1. The highest BCUT2D eigenvalue weighted by molar-refractivity contribution is 6.36. The van der Waals surface area contributed by atoms with E-state index in [1.807, 2.05) is 0 Å². The van der Waals surface area contributed by atoms with E-state index in [9.17, 15) is 4.79 Å². The maximum absolute atomic E-state index is 12.0. The molecule has 7 heteroatoms. The van der Waals surface area contributed by atoms with E-state index in [0.29, 0.717) is 21.6 Å². The number of aryl methyl sites for hydroxylation is 1. The van der Waals surface area contributed by atoms with E-state index in [-0.39, 0.29) is 12.3 Å². The maximum atomic E-state index is 12.0. The van der Waals surface area contributed by atoms with Crippen LogP contribution in [0, 0.1) is 0 Å². The summed E-state index contributed by atoms with van der Waals surface area (Å²) in [5, 5.41) is 11.2. The van der Waals surface area contributed by atoms with Gasteiger partial charge < -0.3 is 10.6 Å². The average molecular weight is 313 g/mol. The van der Waals surface area contributed by atoms with Gasteiger partial charge in [0.2, 0.25) is 5.91 Å². The molecule has 0 saturated carbocycles. The van der Waals surface area contributed by atoms with E-state index in [1.165, 1.54) is 0 Å². The second-order valence-electron chi connectivity index (χ2n) is 4.29. The summed E-state index contributed by atoms with van der Waals surface area (Å²) in [6.45, 7) is 3.65. The molecule has 0 bridgehead atoms. The van der Waals surface area contributed by atoms with Gasteiger partial charge in [-0.2, -0.15) is 5.10 Å². The number of carbonyl (C=O) groups excluding carboxylic acids is 1. The molecule has 0 spiro atoms. The van der Waals surface area contributed by atoms with Crippen LogP contribution < -0.4 is 10.6 Å². The number of hydrogen-bond acceptors (Lipinski definition) is 3. The average Bonchev–Trinajstić information content (AvgIpc) is 2.68. The van der Waals surface area contributed by atoms with Gasteiger partial charge in [-0.1, -0.05) is 29.8 Å². The van der Waals surface area contributed by atoms with Gasteiger partial charge in [0, 0.05) is 30.1 Å². The van der Waals surface area contributed by atoms with E-state index < -0.39 is 0 Å². The van der Waals surface area contributed by atoms with Gasteiger partial charge in [0.25, 0.3) is 0 Å². The van der Waals surface area contributed by atoms with E-state index >= 15 is 0 Å². The summed E-state index contributed by atoms with van der Waals surface area (Å²) in [7, 11) is 3.44. The van der Waals surface area contributed by atoms with Crippen LogP contribution in [0.25, 0.3) is 10.9 Å². The summed E-state index contributed by atoms with van der Waals surface area (Å²) in [5.41, 5.74) is 1.44. The highest BCUT2D eigenvalue weighted by Gasteiger charge is 2.16. The predicted octanol–water partition coefficient (Wildman–Crippen LogP) is 2.23. The van der Waals surface area contributed by atoms with Crippen molar-refractivity contribution >= 4 is 40.0 Å². The van der Waals surface area contributed by atoms with Crippen molar-refractivity contribution in [3.8, 4) is 0 Å². The molecule has 5 nitrogen and oxygen atoms in total. The number of halogens is 2. The third kappa shape index (κ3) is 2.73. The first-order valence-corrected chi connectivity index (χ1v) is 6.65. The Balaban J connectivity index is 2.41. The third-order valence-corrected chi connectivity index (χ3v) is 3.57. The highest BCUT2D eigenvalue weighted by atomic mass is 35.5. The lowest BCUT2D eigenvalue weighted by Crippen LogP contribution is -2.30. The van der Waals surface area contributed by atoms with E-state index in [2.05, 4.69) is 22.3 Å². The van der Waals surface area contributed by atoms with Crippen LogP contribution in [0.15, 0.2) is 24.5 Å². The summed E-state index contributed by atoms with van der Waals surface area (Å²) in [5.74, 6) is 0.220. The van der Waals surface area contributed by atoms with Gasteiger partial charge in [-0.05, 0) is 12.1 Å². The largest absolute Gasteiger partial charge is 0.375 e. The topological polar surface area (TPSA) is 58.9 Å². The molecule has 0 radical (unpaired) electrons. The van der Waals surface area contributed by atoms with Crippen LogP contribution in [-0.2, 0) is 18.3 Å². The molecule has 1 aromatic heterocycles. The SMILES string of the molecule is C=C(NC)NC(=O)Cc1c(Cl)ccc2c(Cl)nn(C)c12. The van der Waals surface area contributed by atoms with Crippen molar-refractivity contribution < 1.29 is 4.79 Å². The van der Waals surface area contributed by atoms with E-state index in [4.69, 9.17) is 23.2 Å². The van der Waals surface area contributed by atoms with Crippen molar-refractivity contribution in [2.45, 2.75) is 6.42 Å². The zero-order chi connectivity index (χ0) is 14.9. The highest BCUT2D eigenvalue weighted by Crippen LogP contribution is 2.30. The zero-order valence-corrected chi connectivity index (χ0v) is 12.6. The first-order chi connectivity index (χ1) is 9.43. The van der Waals surface area contributed by atoms with E-state index in [0.717, 1.165) is 10.9 Å². The molecule has 106 valence electrons. The number of benzene rings is 1. The minimum atomic E-state index is -0.212. The lowest BCUT2D eigenvalue weighted by Gasteiger charge is -2.10. The van der Waals surface area contributed by atoms with Crippen molar-refractivity contribution in [3.63, 3.8) is 0 Å². The molecule has 1 aromatic carbocycles. The number of nitrogens with one attached hydrogen (secondary N) is 2. The van der Waals surface area contributed by atoms with Crippen LogP contribution in [0.5, 0.6) is 0 Å². The standard InChI is InChI=1S/C13H14Cl2N4O/c1-7(16-2)17-11(20)6-9-10(14)5-4-8-12(9)19(3)18-13(8)15/h4-5,16H,1,6H2,2-3H3,(H,17,20). The quantitative estimate of drug-likeness (QED) is 0.910. The van der Waals surface area contributed by atoms with E-state index in [1.54, 1.807) is 30.9 Å². The minimum absolute atomic E-state index is 0.118. The van der Waals surface area contributed by atoms with Crippen molar-refractivity contribution in [2.75, 3.05) is 7.05 Å². The van der Waals surface area contributed by atoms with Gasteiger partial charge >= 0.3 is 0 Å². The fraction of sp³-hybridized carbons (Fsp3) is 0.231. The third-order valence-electron chi connectivity index (χ3n) is 2.94. The smallest absolute Gasteiger partial charge is 0.230 e. The van der Waals surface area contributed by atoms with Gasteiger partial charge in [-0.25, -0.2) is 0 Å². The molecule has 0 unspecified atom stereocenters. The molecule has 1 heterocycles. The Hall–Kier alpha value is -1.72. The van der Waals surface area contributed by atoms with Crippen LogP contribution in [0.3, 0.4) is 0 Å². The Morgan fingerprint density at radius 1 is 1.45 bits per heavy atom. The maximum Gasteiger partial charge on any atom is 0.230 e. The molecule has 2 N–H and O–H groups in total. The van der Waals surface area contributed by atoms with Gasteiger partial charge in [0.1, 0.15) is 0 Å². The molecule has 0 atom stereocenters. The number of hydrogen-bond donors (Lipinski definition) is 2. The number of carbonyl (C=O) groups is 1. The van der Waals surface area contributed by atoms with Crippen molar-refractivity contribution in [3.05, 3.63) is 40.3 Å². The number of amides is 1. The molecular formula is C13H14Cl2N4O. The van der Waals surface area contributed by atoms with Crippen LogP contribution in [0.4, 0.5) is 0 Å². The summed E-state index contributed by atoms with van der Waals surface area (Å²) < 4.78 is 1.62. The van der Waals surface area contributed by atoms with Gasteiger partial charge in [-0.15, -0.1) is 0 Å². The number of nitrogens with zero attached hydrogens (tertiary/aromatic N) is 2. The first-order valence-electron chi connectivity index (χ1n) is 5.90. The fourth-order valence-corrected chi connectivity index (χ4v) is 2.47. The summed E-state index contributed by atoms with van der Waals surface area (Å²) in [4.78, 5) is 12.0. The molecule has 0 aliphatic carbocycles. The molecule has 20 heavy (non-hydrogen) atoms. The van der Waals surface area contributed by atoms with Crippen molar-refractivity contribution in [2.24, 2.45) is 7.05 Å². The molecular weight excluding hydrogens is 299 g/mol. The summed E-state index contributed by atoms with van der Waals surface area (Å²) in [6.07, 6.45) is 0.118. The summed E-state index contributed by atoms with van der Waals surface area (Å²) >= 11 is 12.2. The molecule has 1 amide bonds. The number of aromatic nitrogens is 2. The molecule has 2 aromatic rings. The summed E-state index contributed by atoms with van der Waals surface area (Å²) in [6, 6.07) is 3.51. The second-order valence-corrected chi connectivity index (χ2v) is 5.06. The minimum Gasteiger partial charge on any atom is -0.375 e. The first kappa shape index (κ1) is 14.7. The van der Waals surface area contributed by atoms with Gasteiger partial charge in [-0.3, -0.25) is 9.48 Å². The normalized spacial score (nSPS) is 10.6. The van der Waals surface area contributed by atoms with Crippen molar-refractivity contribution in [1.82, 2.24) is 20.4 Å². The molecule has 0 saturated heterocycles. The zero-order valence-electron chi connectivity index (χ0n) is 11.1. The Kier molecular flexibility index (Phi) is 4.20. The molecule has 2 rings (SSSR count). The van der Waals surface area contributed by atoms with Crippen LogP contribution in [0.2, 0.25) is 10.2 Å². The second kappa shape index (κ2) is 5.73. The fourth-order valence-electron chi connectivity index (χ4n) is 1.99. The Labute approximate surface area is 126 Å². The molecule has 0 fully saturated rings. The Bertz CT molecular complexity index is 693. The lowest BCUT2D eigenvalue weighted by atomic mass is 10.1. The molecule has 0 aliphatic rings. The van der Waals surface area contributed by atoms with Crippen LogP contribution >= 0.6 is 23.2 Å². The number of rotatable bonds is 4. The Morgan fingerprint density at radius 3 is 2.80 bits per heavy atom. The lowest BCUT2D eigenvalue weighted by molar-refractivity contribution is -0.119. The predicted molar refractivity (Wildman–Crippen MR) is 80.8 cm³/mol. The molecule has 0 aliphatic heterocycles.